The van der Waals surface area contributed by atoms with Crippen molar-refractivity contribution in [1.82, 2.24) is 14.8 Å². The van der Waals surface area contributed by atoms with Crippen LogP contribution in [-0.4, -0.2) is 33.9 Å². The van der Waals surface area contributed by atoms with Gasteiger partial charge in [-0.25, -0.2) is 0 Å². The van der Waals surface area contributed by atoms with Crippen LogP contribution in [0.2, 0.25) is 0 Å². The standard InChI is InChI=1S/C24H27N5/c1-15-6-9-21(10-7-15)29-18(4)25-26-24(29)19-8-13-22-23(14-19)28(20-11-12-20)17(3)16(2)27(22)5/h6-10,13-14,17,20H,2,11-12H2,1,3-5H3. The summed E-state index contributed by atoms with van der Waals surface area (Å²) in [5, 5.41) is 8.92. The second-order valence-electron chi connectivity index (χ2n) is 8.31. The van der Waals surface area contributed by atoms with Crippen molar-refractivity contribution in [3.05, 3.63) is 66.1 Å². The molecule has 1 unspecified atom stereocenters. The molecule has 148 valence electrons. The summed E-state index contributed by atoms with van der Waals surface area (Å²) in [4.78, 5) is 4.76. The zero-order valence-electron chi connectivity index (χ0n) is 17.6. The maximum atomic E-state index is 4.54. The molecule has 1 fully saturated rings. The Labute approximate surface area is 172 Å². The Morgan fingerprint density at radius 3 is 2.38 bits per heavy atom. The Balaban J connectivity index is 1.65. The molecule has 0 N–H and O–H groups in total. The van der Waals surface area contributed by atoms with Gasteiger partial charge in [-0.05, 0) is 63.9 Å². The molecule has 1 atom stereocenters. The van der Waals surface area contributed by atoms with Gasteiger partial charge in [-0.3, -0.25) is 4.57 Å². The van der Waals surface area contributed by atoms with Gasteiger partial charge in [-0.15, -0.1) is 10.2 Å². The summed E-state index contributed by atoms with van der Waals surface area (Å²) >= 11 is 0. The van der Waals surface area contributed by atoms with Crippen molar-refractivity contribution in [2.45, 2.75) is 45.7 Å². The molecule has 0 saturated heterocycles. The van der Waals surface area contributed by atoms with Gasteiger partial charge in [-0.1, -0.05) is 24.3 Å². The summed E-state index contributed by atoms with van der Waals surface area (Å²) in [5.41, 5.74) is 7.04. The van der Waals surface area contributed by atoms with E-state index in [0.29, 0.717) is 12.1 Å². The molecule has 1 aliphatic carbocycles. The third kappa shape index (κ3) is 2.84. The van der Waals surface area contributed by atoms with Crippen LogP contribution in [0, 0.1) is 13.8 Å². The smallest absolute Gasteiger partial charge is 0.168 e. The van der Waals surface area contributed by atoms with E-state index in [0.717, 1.165) is 28.6 Å². The van der Waals surface area contributed by atoms with Gasteiger partial charge < -0.3 is 9.80 Å². The molecule has 0 amide bonds. The van der Waals surface area contributed by atoms with E-state index in [1.54, 1.807) is 0 Å². The first-order chi connectivity index (χ1) is 14.0. The lowest BCUT2D eigenvalue weighted by Gasteiger charge is -2.44. The summed E-state index contributed by atoms with van der Waals surface area (Å²) in [6.45, 7) is 10.7. The molecule has 3 aromatic rings. The highest BCUT2D eigenvalue weighted by atomic mass is 15.3. The lowest BCUT2D eigenvalue weighted by atomic mass is 10.0. The lowest BCUT2D eigenvalue weighted by molar-refractivity contribution is 0.665. The number of rotatable bonds is 3. The Bertz CT molecular complexity index is 1090. The number of aryl methyl sites for hydroxylation is 2. The SMILES string of the molecule is C=C1C(C)N(C2CC2)c2cc(-c3nnc(C)n3-c3ccc(C)cc3)ccc2N1C. The number of likely N-dealkylation sites (N-methyl/N-ethyl adjacent to an activating group) is 1. The van der Waals surface area contributed by atoms with Crippen LogP contribution in [0.1, 0.15) is 31.2 Å². The van der Waals surface area contributed by atoms with Gasteiger partial charge in [0.25, 0.3) is 0 Å². The van der Waals surface area contributed by atoms with Crippen LogP contribution in [-0.2, 0) is 0 Å². The number of fused-ring (bicyclic) bond motifs is 1. The van der Waals surface area contributed by atoms with Crippen LogP contribution in [0.4, 0.5) is 11.4 Å². The quantitative estimate of drug-likeness (QED) is 0.644. The lowest BCUT2D eigenvalue weighted by Crippen LogP contribution is -2.45. The first kappa shape index (κ1) is 18.0. The molecule has 5 nitrogen and oxygen atoms in total. The fraction of sp³-hybridized carbons (Fsp3) is 0.333. The zero-order chi connectivity index (χ0) is 20.3. The molecule has 2 heterocycles. The van der Waals surface area contributed by atoms with Crippen LogP contribution in [0.25, 0.3) is 17.1 Å². The maximum Gasteiger partial charge on any atom is 0.168 e. The van der Waals surface area contributed by atoms with Crippen LogP contribution < -0.4 is 9.80 Å². The van der Waals surface area contributed by atoms with E-state index in [4.69, 9.17) is 0 Å². The van der Waals surface area contributed by atoms with Gasteiger partial charge in [0, 0.05) is 30.0 Å². The highest BCUT2D eigenvalue weighted by Gasteiger charge is 2.39. The third-order valence-electron chi connectivity index (χ3n) is 6.26. The minimum Gasteiger partial charge on any atom is -0.359 e. The summed E-state index contributed by atoms with van der Waals surface area (Å²) < 4.78 is 2.14. The van der Waals surface area contributed by atoms with Gasteiger partial charge in [0.15, 0.2) is 5.82 Å². The Morgan fingerprint density at radius 2 is 1.69 bits per heavy atom. The number of hydrogen-bond acceptors (Lipinski definition) is 4. The third-order valence-corrected chi connectivity index (χ3v) is 6.26. The van der Waals surface area contributed by atoms with Crippen molar-refractivity contribution in [3.63, 3.8) is 0 Å². The molecule has 2 aliphatic rings. The van der Waals surface area contributed by atoms with E-state index in [-0.39, 0.29) is 0 Å². The van der Waals surface area contributed by atoms with E-state index < -0.39 is 0 Å². The number of hydrogen-bond donors (Lipinski definition) is 0. The van der Waals surface area contributed by atoms with Crippen molar-refractivity contribution in [1.29, 1.82) is 0 Å². The molecule has 29 heavy (non-hydrogen) atoms. The number of nitrogens with zero attached hydrogens (tertiary/aromatic N) is 5. The minimum absolute atomic E-state index is 0.298. The topological polar surface area (TPSA) is 37.2 Å². The van der Waals surface area contributed by atoms with Crippen LogP contribution >= 0.6 is 0 Å². The van der Waals surface area contributed by atoms with E-state index in [1.807, 2.05) is 6.92 Å². The zero-order valence-corrected chi connectivity index (χ0v) is 17.6. The monoisotopic (exact) mass is 385 g/mol. The minimum atomic E-state index is 0.298. The molecule has 0 radical (unpaired) electrons. The van der Waals surface area contributed by atoms with E-state index in [1.165, 1.54) is 29.8 Å². The van der Waals surface area contributed by atoms with Crippen molar-refractivity contribution in [2.75, 3.05) is 16.8 Å². The normalized spacial score (nSPS) is 18.9. The molecular formula is C24H27N5. The average molecular weight is 386 g/mol. The summed E-state index contributed by atoms with van der Waals surface area (Å²) in [6.07, 6.45) is 2.51. The molecular weight excluding hydrogens is 358 g/mol. The average Bonchev–Trinajstić information content (AvgIpc) is 3.48. The molecule has 5 heteroatoms. The highest BCUT2D eigenvalue weighted by Crippen LogP contribution is 2.46. The molecule has 0 bridgehead atoms. The molecule has 0 spiro atoms. The Hall–Kier alpha value is -3.08. The first-order valence-electron chi connectivity index (χ1n) is 10.3. The Morgan fingerprint density at radius 1 is 0.966 bits per heavy atom. The number of aromatic nitrogens is 3. The molecule has 2 aromatic carbocycles. The van der Waals surface area contributed by atoms with E-state index >= 15 is 0 Å². The van der Waals surface area contributed by atoms with Crippen molar-refractivity contribution >= 4 is 11.4 Å². The molecule has 1 aromatic heterocycles. The van der Waals surface area contributed by atoms with Crippen LogP contribution in [0.15, 0.2) is 54.7 Å². The van der Waals surface area contributed by atoms with Gasteiger partial charge in [0.2, 0.25) is 0 Å². The second-order valence-corrected chi connectivity index (χ2v) is 8.31. The fourth-order valence-corrected chi connectivity index (χ4v) is 4.37. The molecule has 1 saturated carbocycles. The predicted octanol–water partition coefficient (Wildman–Crippen LogP) is 4.87. The van der Waals surface area contributed by atoms with Crippen molar-refractivity contribution < 1.29 is 0 Å². The maximum absolute atomic E-state index is 4.54. The van der Waals surface area contributed by atoms with Crippen LogP contribution in [0.5, 0.6) is 0 Å². The summed E-state index contributed by atoms with van der Waals surface area (Å²) in [6, 6.07) is 16.0. The van der Waals surface area contributed by atoms with E-state index in [9.17, 15) is 0 Å². The fourth-order valence-electron chi connectivity index (χ4n) is 4.37. The first-order valence-corrected chi connectivity index (χ1v) is 10.3. The van der Waals surface area contributed by atoms with Gasteiger partial charge in [0.05, 0.1) is 17.4 Å². The summed E-state index contributed by atoms with van der Waals surface area (Å²) in [5.74, 6) is 1.77. The molecule has 1 aliphatic heterocycles. The largest absolute Gasteiger partial charge is 0.359 e. The van der Waals surface area contributed by atoms with Crippen molar-refractivity contribution in [2.24, 2.45) is 0 Å². The number of anilines is 2. The number of benzene rings is 2. The van der Waals surface area contributed by atoms with Gasteiger partial charge in [0.1, 0.15) is 5.82 Å². The second kappa shape index (κ2) is 6.48. The van der Waals surface area contributed by atoms with Crippen molar-refractivity contribution in [3.8, 4) is 17.1 Å². The summed E-state index contributed by atoms with van der Waals surface area (Å²) in [7, 11) is 2.11. The molecule has 5 rings (SSSR count). The van der Waals surface area contributed by atoms with Gasteiger partial charge >= 0.3 is 0 Å². The van der Waals surface area contributed by atoms with Gasteiger partial charge in [-0.2, -0.15) is 0 Å². The van der Waals surface area contributed by atoms with E-state index in [2.05, 4.69) is 94.5 Å². The highest BCUT2D eigenvalue weighted by molar-refractivity contribution is 5.82. The van der Waals surface area contributed by atoms with Crippen LogP contribution in [0.3, 0.4) is 0 Å². The predicted molar refractivity (Wildman–Crippen MR) is 119 cm³/mol. The Kier molecular flexibility index (Phi) is 4.02.